The second kappa shape index (κ2) is 5.53. The van der Waals surface area contributed by atoms with Crippen molar-refractivity contribution in [2.45, 2.75) is 0 Å². The van der Waals surface area contributed by atoms with E-state index >= 15 is 0 Å². The van der Waals surface area contributed by atoms with Crippen LogP contribution >= 0.6 is 0 Å². The number of aromatic nitrogens is 1. The third kappa shape index (κ3) is 2.78. The number of amides is 3. The summed E-state index contributed by atoms with van der Waals surface area (Å²) in [5.74, 6) is -4.65. The Bertz CT molecular complexity index is 720. The molecule has 6 nitrogen and oxygen atoms in total. The van der Waals surface area contributed by atoms with Crippen molar-refractivity contribution in [1.29, 1.82) is 0 Å². The molecule has 0 fully saturated rings. The quantitative estimate of drug-likeness (QED) is 0.799. The fourth-order valence-corrected chi connectivity index (χ4v) is 1.75. The van der Waals surface area contributed by atoms with Gasteiger partial charge in [-0.05, 0) is 0 Å². The van der Waals surface area contributed by atoms with Crippen LogP contribution < -0.4 is 16.8 Å². The van der Waals surface area contributed by atoms with Crippen molar-refractivity contribution in [2.24, 2.45) is 11.5 Å². The molecule has 108 valence electrons. The number of nitrogens with zero attached hydrogens (tertiary/aromatic N) is 1. The number of rotatable bonds is 3. The monoisotopic (exact) mass is 292 g/mol. The van der Waals surface area contributed by atoms with Gasteiger partial charge in [-0.1, -0.05) is 30.3 Å². The van der Waals surface area contributed by atoms with E-state index in [9.17, 15) is 18.4 Å². The van der Waals surface area contributed by atoms with E-state index in [0.29, 0.717) is 0 Å². The zero-order valence-electron chi connectivity index (χ0n) is 10.6. The van der Waals surface area contributed by atoms with Gasteiger partial charge in [-0.15, -0.1) is 0 Å². The standard InChI is InChI=1S/C13H10F2N4O2/c14-8-7(11(16)20)12(19-13(17)21)18-10(9(8)15)6-4-2-1-3-5-6/h1-5H,(H2,16,20)(H3,17,18,19,21). The average Bonchev–Trinajstić information content (AvgIpc) is 2.42. The number of benzene rings is 1. The van der Waals surface area contributed by atoms with Crippen LogP contribution in [0.2, 0.25) is 0 Å². The third-order valence-electron chi connectivity index (χ3n) is 2.62. The summed E-state index contributed by atoms with van der Waals surface area (Å²) >= 11 is 0. The second-order valence-corrected chi connectivity index (χ2v) is 4.03. The van der Waals surface area contributed by atoms with Crippen molar-refractivity contribution in [2.75, 3.05) is 5.32 Å². The Hall–Kier alpha value is -3.03. The molecule has 0 saturated carbocycles. The van der Waals surface area contributed by atoms with Gasteiger partial charge in [0.25, 0.3) is 5.91 Å². The number of hydrogen-bond donors (Lipinski definition) is 3. The summed E-state index contributed by atoms with van der Waals surface area (Å²) < 4.78 is 28.0. The predicted octanol–water partition coefficient (Wildman–Crippen LogP) is 1.62. The fraction of sp³-hybridized carbons (Fsp3) is 0. The SMILES string of the molecule is NC(=O)Nc1nc(-c2ccccc2)c(F)c(F)c1C(N)=O. The summed E-state index contributed by atoms with van der Waals surface area (Å²) in [4.78, 5) is 25.8. The van der Waals surface area contributed by atoms with Crippen LogP contribution in [0.4, 0.5) is 19.4 Å². The average molecular weight is 292 g/mol. The number of pyridine rings is 1. The Morgan fingerprint density at radius 3 is 2.19 bits per heavy atom. The third-order valence-corrected chi connectivity index (χ3v) is 2.62. The van der Waals surface area contributed by atoms with E-state index in [1.54, 1.807) is 18.2 Å². The summed E-state index contributed by atoms with van der Waals surface area (Å²) in [6, 6.07) is 6.76. The van der Waals surface area contributed by atoms with E-state index in [1.165, 1.54) is 12.1 Å². The first kappa shape index (κ1) is 14.4. The molecular formula is C13H10F2N4O2. The molecule has 0 aliphatic carbocycles. The lowest BCUT2D eigenvalue weighted by molar-refractivity contribution is 0.0996. The highest BCUT2D eigenvalue weighted by molar-refractivity contribution is 6.02. The van der Waals surface area contributed by atoms with E-state index in [0.717, 1.165) is 0 Å². The fourth-order valence-electron chi connectivity index (χ4n) is 1.75. The first-order valence-corrected chi connectivity index (χ1v) is 5.72. The van der Waals surface area contributed by atoms with Crippen molar-refractivity contribution < 1.29 is 18.4 Å². The van der Waals surface area contributed by atoms with Gasteiger partial charge in [0, 0.05) is 5.56 Å². The molecule has 5 N–H and O–H groups in total. The number of hydrogen-bond acceptors (Lipinski definition) is 3. The lowest BCUT2D eigenvalue weighted by Gasteiger charge is -2.11. The largest absolute Gasteiger partial charge is 0.365 e. The molecule has 0 aliphatic rings. The highest BCUT2D eigenvalue weighted by Gasteiger charge is 2.25. The van der Waals surface area contributed by atoms with E-state index < -0.39 is 35.0 Å². The zero-order valence-corrected chi connectivity index (χ0v) is 10.6. The number of primary amides is 2. The van der Waals surface area contributed by atoms with Crippen LogP contribution in [0.25, 0.3) is 11.3 Å². The Morgan fingerprint density at radius 2 is 1.67 bits per heavy atom. The summed E-state index contributed by atoms with van der Waals surface area (Å²) in [6.07, 6.45) is 0. The molecule has 0 saturated heterocycles. The number of urea groups is 1. The first-order valence-electron chi connectivity index (χ1n) is 5.72. The molecule has 2 rings (SSSR count). The number of carbonyl (C=O) groups is 2. The molecule has 0 bridgehead atoms. The van der Waals surface area contributed by atoms with E-state index in [4.69, 9.17) is 11.5 Å². The van der Waals surface area contributed by atoms with Crippen LogP contribution in [-0.4, -0.2) is 16.9 Å². The van der Waals surface area contributed by atoms with Crippen LogP contribution in [-0.2, 0) is 0 Å². The minimum absolute atomic E-state index is 0.262. The summed E-state index contributed by atoms with van der Waals surface area (Å²) in [5, 5.41) is 1.95. The van der Waals surface area contributed by atoms with Crippen LogP contribution in [0.1, 0.15) is 10.4 Å². The highest BCUT2D eigenvalue weighted by atomic mass is 19.2. The molecule has 1 heterocycles. The minimum Gasteiger partial charge on any atom is -0.365 e. The number of nitrogens with one attached hydrogen (secondary N) is 1. The van der Waals surface area contributed by atoms with Gasteiger partial charge >= 0.3 is 6.03 Å². The maximum atomic E-state index is 14.0. The van der Waals surface area contributed by atoms with Gasteiger partial charge in [-0.3, -0.25) is 10.1 Å². The molecule has 0 aliphatic heterocycles. The number of nitrogens with two attached hydrogens (primary N) is 2. The van der Waals surface area contributed by atoms with Crippen LogP contribution in [0, 0.1) is 11.6 Å². The Balaban J connectivity index is 2.72. The Kier molecular flexibility index (Phi) is 3.79. The van der Waals surface area contributed by atoms with Crippen LogP contribution in [0.15, 0.2) is 30.3 Å². The summed E-state index contributed by atoms with van der Waals surface area (Å²) in [5.41, 5.74) is 8.90. The predicted molar refractivity (Wildman–Crippen MR) is 71.3 cm³/mol. The first-order chi connectivity index (χ1) is 9.91. The molecule has 0 atom stereocenters. The van der Waals surface area contributed by atoms with Gasteiger partial charge in [-0.2, -0.15) is 0 Å². The molecule has 0 spiro atoms. The van der Waals surface area contributed by atoms with Gasteiger partial charge in [0.15, 0.2) is 17.5 Å². The van der Waals surface area contributed by atoms with E-state index in [1.807, 2.05) is 5.32 Å². The van der Waals surface area contributed by atoms with Crippen molar-refractivity contribution in [3.63, 3.8) is 0 Å². The van der Waals surface area contributed by atoms with Crippen LogP contribution in [0.5, 0.6) is 0 Å². The second-order valence-electron chi connectivity index (χ2n) is 4.03. The maximum Gasteiger partial charge on any atom is 0.317 e. The lowest BCUT2D eigenvalue weighted by atomic mass is 10.1. The molecule has 2 aromatic rings. The Labute approximate surface area is 117 Å². The topological polar surface area (TPSA) is 111 Å². The van der Waals surface area contributed by atoms with Crippen molar-refractivity contribution in [3.05, 3.63) is 47.5 Å². The number of halogens is 2. The van der Waals surface area contributed by atoms with Gasteiger partial charge in [0.1, 0.15) is 11.3 Å². The smallest absolute Gasteiger partial charge is 0.317 e. The van der Waals surface area contributed by atoms with Crippen LogP contribution in [0.3, 0.4) is 0 Å². The number of anilines is 1. The van der Waals surface area contributed by atoms with Crippen molar-refractivity contribution in [1.82, 2.24) is 4.98 Å². The molecule has 8 heteroatoms. The van der Waals surface area contributed by atoms with Crippen molar-refractivity contribution in [3.8, 4) is 11.3 Å². The van der Waals surface area contributed by atoms with Gasteiger partial charge in [0.2, 0.25) is 0 Å². The molecule has 21 heavy (non-hydrogen) atoms. The normalized spacial score (nSPS) is 10.2. The van der Waals surface area contributed by atoms with Gasteiger partial charge in [0.05, 0.1) is 0 Å². The molecular weight excluding hydrogens is 282 g/mol. The summed E-state index contributed by atoms with van der Waals surface area (Å²) in [6.45, 7) is 0. The zero-order chi connectivity index (χ0) is 15.6. The van der Waals surface area contributed by atoms with Crippen molar-refractivity contribution >= 4 is 17.8 Å². The van der Waals surface area contributed by atoms with E-state index in [-0.39, 0.29) is 11.3 Å². The molecule has 3 amide bonds. The van der Waals surface area contributed by atoms with Gasteiger partial charge < -0.3 is 11.5 Å². The summed E-state index contributed by atoms with van der Waals surface area (Å²) in [7, 11) is 0. The maximum absolute atomic E-state index is 14.0. The number of carbonyl (C=O) groups excluding carboxylic acids is 2. The lowest BCUT2D eigenvalue weighted by Crippen LogP contribution is -2.25. The highest BCUT2D eigenvalue weighted by Crippen LogP contribution is 2.28. The van der Waals surface area contributed by atoms with E-state index in [2.05, 4.69) is 4.98 Å². The Morgan fingerprint density at radius 1 is 1.05 bits per heavy atom. The minimum atomic E-state index is -1.50. The molecule has 0 radical (unpaired) electrons. The molecule has 1 aromatic heterocycles. The van der Waals surface area contributed by atoms with Gasteiger partial charge in [-0.25, -0.2) is 18.6 Å². The molecule has 0 unspecified atom stereocenters. The molecule has 1 aromatic carbocycles.